The van der Waals surface area contributed by atoms with Gasteiger partial charge < -0.3 is 5.32 Å². The molecule has 0 unspecified atom stereocenters. The number of anilines is 1. The predicted octanol–water partition coefficient (Wildman–Crippen LogP) is 2.82. The second kappa shape index (κ2) is 5.86. The van der Waals surface area contributed by atoms with Crippen LogP contribution >= 0.6 is 0 Å². The largest absolute Gasteiger partial charge is 0.455 e. The molecular formula is C16H14F5N9. The number of aromatic nitrogens is 8. The molecule has 2 atom stereocenters. The number of aryl methyl sites for hydroxylation is 1. The Morgan fingerprint density at radius 2 is 1.90 bits per heavy atom. The molecule has 0 aromatic carbocycles. The molecule has 0 radical (unpaired) electrons. The van der Waals surface area contributed by atoms with E-state index in [9.17, 15) is 22.0 Å². The minimum absolute atomic E-state index is 0.0428. The lowest BCUT2D eigenvalue weighted by Crippen LogP contribution is -2.48. The van der Waals surface area contributed by atoms with Gasteiger partial charge in [0, 0.05) is 19.2 Å². The van der Waals surface area contributed by atoms with E-state index >= 15 is 0 Å². The second-order valence-electron chi connectivity index (χ2n) is 7.23. The molecular weight excluding hydrogens is 413 g/mol. The zero-order valence-corrected chi connectivity index (χ0v) is 15.6. The molecule has 5 rings (SSSR count). The fourth-order valence-corrected chi connectivity index (χ4v) is 3.63. The van der Waals surface area contributed by atoms with Crippen molar-refractivity contribution in [1.82, 2.24) is 39.1 Å². The third kappa shape index (κ3) is 2.55. The molecule has 30 heavy (non-hydrogen) atoms. The third-order valence-corrected chi connectivity index (χ3v) is 5.10. The molecule has 0 spiro atoms. The smallest absolute Gasteiger partial charge is 0.368 e. The lowest BCUT2D eigenvalue weighted by atomic mass is 9.99. The van der Waals surface area contributed by atoms with Gasteiger partial charge in [-0.2, -0.15) is 32.1 Å². The second-order valence-corrected chi connectivity index (χ2v) is 7.23. The van der Waals surface area contributed by atoms with Crippen molar-refractivity contribution in [3.63, 3.8) is 0 Å². The van der Waals surface area contributed by atoms with Crippen molar-refractivity contribution in [2.75, 3.05) is 5.32 Å². The maximum Gasteiger partial charge on any atom is 0.455 e. The van der Waals surface area contributed by atoms with Gasteiger partial charge in [0.25, 0.3) is 0 Å². The van der Waals surface area contributed by atoms with Gasteiger partial charge in [-0.1, -0.05) is 0 Å². The lowest BCUT2D eigenvalue weighted by molar-refractivity contribution is -0.301. The van der Waals surface area contributed by atoms with Gasteiger partial charge in [-0.15, -0.1) is 5.10 Å². The molecule has 9 nitrogen and oxygen atoms in total. The predicted molar refractivity (Wildman–Crippen MR) is 94.0 cm³/mol. The van der Waals surface area contributed by atoms with Gasteiger partial charge in [0.05, 0.1) is 11.6 Å². The van der Waals surface area contributed by atoms with Crippen molar-refractivity contribution < 1.29 is 22.0 Å². The van der Waals surface area contributed by atoms with Crippen molar-refractivity contribution in [1.29, 1.82) is 0 Å². The van der Waals surface area contributed by atoms with Gasteiger partial charge in [-0.25, -0.2) is 19.2 Å². The Morgan fingerprint density at radius 3 is 2.63 bits per heavy atom. The Bertz CT molecular complexity index is 1270. The molecule has 4 aromatic rings. The number of alkyl halides is 5. The first-order valence-electron chi connectivity index (χ1n) is 8.90. The minimum Gasteiger partial charge on any atom is -0.368 e. The Balaban J connectivity index is 1.62. The number of halogens is 5. The summed E-state index contributed by atoms with van der Waals surface area (Å²) in [7, 11) is 1.71. The summed E-state index contributed by atoms with van der Waals surface area (Å²) >= 11 is 0. The van der Waals surface area contributed by atoms with Gasteiger partial charge in [0.2, 0.25) is 5.82 Å². The average molecular weight is 427 g/mol. The van der Waals surface area contributed by atoms with E-state index < -0.39 is 30.6 Å². The van der Waals surface area contributed by atoms with Crippen molar-refractivity contribution in [3.8, 4) is 11.5 Å². The molecule has 0 saturated heterocycles. The van der Waals surface area contributed by atoms with E-state index in [1.807, 2.05) is 0 Å². The normalized spacial score (nSPS) is 20.0. The topological polar surface area (TPSA) is 90.8 Å². The molecule has 158 valence electrons. The summed E-state index contributed by atoms with van der Waals surface area (Å²) in [5, 5.41) is 15.8. The number of fused-ring (bicyclic) bond motifs is 4. The molecule has 5 heterocycles. The quantitative estimate of drug-likeness (QED) is 0.495. The van der Waals surface area contributed by atoms with E-state index in [1.165, 1.54) is 23.8 Å². The van der Waals surface area contributed by atoms with Crippen molar-refractivity contribution >= 4 is 22.5 Å². The van der Waals surface area contributed by atoms with Crippen LogP contribution in [0, 0.1) is 0 Å². The van der Waals surface area contributed by atoms with Crippen LogP contribution in [-0.2, 0) is 7.05 Å². The van der Waals surface area contributed by atoms with E-state index in [0.29, 0.717) is 21.4 Å². The molecule has 4 aromatic heterocycles. The number of hydrogen-bond donors (Lipinski definition) is 1. The summed E-state index contributed by atoms with van der Waals surface area (Å²) in [4.78, 5) is 8.59. The van der Waals surface area contributed by atoms with Gasteiger partial charge in [-0.3, -0.25) is 4.68 Å². The highest BCUT2D eigenvalue weighted by Crippen LogP contribution is 2.48. The Morgan fingerprint density at radius 1 is 1.13 bits per heavy atom. The third-order valence-electron chi connectivity index (χ3n) is 5.10. The first-order valence-corrected chi connectivity index (χ1v) is 8.90. The highest BCUT2D eigenvalue weighted by atomic mass is 19.4. The van der Waals surface area contributed by atoms with E-state index in [0.717, 1.165) is 0 Å². The molecule has 14 heteroatoms. The van der Waals surface area contributed by atoms with Crippen molar-refractivity contribution in [2.45, 2.75) is 37.5 Å². The van der Waals surface area contributed by atoms with Crippen molar-refractivity contribution in [3.05, 3.63) is 18.6 Å². The summed E-state index contributed by atoms with van der Waals surface area (Å²) in [6.07, 6.45) is -3.18. The van der Waals surface area contributed by atoms with E-state index in [1.54, 1.807) is 17.9 Å². The number of nitrogens with zero attached hydrogens (tertiary/aromatic N) is 8. The zero-order chi connectivity index (χ0) is 21.4. The van der Waals surface area contributed by atoms with Crippen LogP contribution in [0.3, 0.4) is 0 Å². The standard InChI is InChI=1S/C16H14F5N9/c1-7-3-10(15(17,18)16(19,20)21)30-11(24-7)4-9(26-30)12-25-14-8-5-23-28(2)13(8)22-6-29(14)27-12/h4-7,10,24H,3H2,1-2H3/t7-,10+/m1/s1. The first-order chi connectivity index (χ1) is 14.1. The molecule has 0 aliphatic carbocycles. The van der Waals surface area contributed by atoms with Crippen LogP contribution in [0.15, 0.2) is 18.6 Å². The van der Waals surface area contributed by atoms with E-state index in [2.05, 4.69) is 30.6 Å². The maximum atomic E-state index is 14.2. The van der Waals surface area contributed by atoms with Crippen LogP contribution in [0.1, 0.15) is 19.4 Å². The molecule has 1 aliphatic rings. The molecule has 1 aliphatic heterocycles. The van der Waals surface area contributed by atoms with Crippen LogP contribution in [-0.4, -0.2) is 57.3 Å². The minimum atomic E-state index is -5.70. The molecule has 0 fully saturated rings. The summed E-state index contributed by atoms with van der Waals surface area (Å²) in [6, 6.07) is -1.42. The molecule has 0 saturated carbocycles. The lowest BCUT2D eigenvalue weighted by Gasteiger charge is -2.35. The van der Waals surface area contributed by atoms with Gasteiger partial charge in [0.1, 0.15) is 23.9 Å². The highest BCUT2D eigenvalue weighted by Gasteiger charge is 2.64. The molecule has 0 bridgehead atoms. The Labute approximate surface area is 164 Å². The fraction of sp³-hybridized carbons (Fsp3) is 0.438. The first kappa shape index (κ1) is 18.7. The molecule has 1 N–H and O–H groups in total. The summed E-state index contributed by atoms with van der Waals surface area (Å²) in [5.74, 6) is -4.83. The Hall–Kier alpha value is -3.32. The van der Waals surface area contributed by atoms with E-state index in [4.69, 9.17) is 0 Å². The summed E-state index contributed by atoms with van der Waals surface area (Å²) in [5.41, 5.74) is 1.04. The van der Waals surface area contributed by atoms with Crippen molar-refractivity contribution in [2.24, 2.45) is 7.05 Å². The fourth-order valence-electron chi connectivity index (χ4n) is 3.63. The van der Waals surface area contributed by atoms with Gasteiger partial charge >= 0.3 is 12.1 Å². The van der Waals surface area contributed by atoms with Crippen LogP contribution in [0.2, 0.25) is 0 Å². The van der Waals surface area contributed by atoms with Crippen LogP contribution < -0.4 is 5.32 Å². The van der Waals surface area contributed by atoms with E-state index in [-0.39, 0.29) is 17.3 Å². The zero-order valence-electron chi connectivity index (χ0n) is 15.6. The van der Waals surface area contributed by atoms with Crippen LogP contribution in [0.5, 0.6) is 0 Å². The maximum absolute atomic E-state index is 14.2. The average Bonchev–Trinajstić information content (AvgIpc) is 3.35. The molecule has 0 amide bonds. The number of nitrogens with one attached hydrogen (secondary N) is 1. The Kier molecular flexibility index (Phi) is 3.65. The highest BCUT2D eigenvalue weighted by molar-refractivity contribution is 5.88. The van der Waals surface area contributed by atoms with Gasteiger partial charge in [-0.05, 0) is 13.3 Å². The number of hydrogen-bond acceptors (Lipinski definition) is 6. The number of rotatable bonds is 2. The SMILES string of the molecule is C[C@@H]1C[C@@H](C(F)(F)C(F)(F)F)n2nc(-c3nc4c5cnn(C)c5ncn4n3)cc2N1. The summed E-state index contributed by atoms with van der Waals surface area (Å²) < 4.78 is 70.9. The monoisotopic (exact) mass is 427 g/mol. The summed E-state index contributed by atoms with van der Waals surface area (Å²) in [6.45, 7) is 1.53. The van der Waals surface area contributed by atoms with Crippen LogP contribution in [0.4, 0.5) is 27.8 Å². The van der Waals surface area contributed by atoms with Crippen LogP contribution in [0.25, 0.3) is 28.2 Å². The van der Waals surface area contributed by atoms with Gasteiger partial charge in [0.15, 0.2) is 11.3 Å².